The largest absolute Gasteiger partial charge is 0.317 e. The van der Waals surface area contributed by atoms with Gasteiger partial charge in [-0.25, -0.2) is 0 Å². The number of hydrogen-bond acceptors (Lipinski definition) is 3. The lowest BCUT2D eigenvalue weighted by atomic mass is 10.2. The van der Waals surface area contributed by atoms with E-state index in [9.17, 15) is 0 Å². The second-order valence-corrected chi connectivity index (χ2v) is 5.60. The second-order valence-electron chi connectivity index (χ2n) is 5.60. The fourth-order valence-electron chi connectivity index (χ4n) is 2.47. The van der Waals surface area contributed by atoms with Gasteiger partial charge in [0.1, 0.15) is 0 Å². The molecule has 0 spiro atoms. The lowest BCUT2D eigenvalue weighted by Gasteiger charge is -2.35. The first-order chi connectivity index (χ1) is 8.22. The van der Waals surface area contributed by atoms with Crippen LogP contribution < -0.4 is 5.32 Å². The van der Waals surface area contributed by atoms with Gasteiger partial charge in [0, 0.05) is 32.7 Å². The Bertz CT molecular complexity index is 174. The van der Waals surface area contributed by atoms with Crippen molar-refractivity contribution >= 4 is 0 Å². The van der Waals surface area contributed by atoms with Crippen LogP contribution in [0.3, 0.4) is 0 Å². The number of rotatable bonds is 8. The van der Waals surface area contributed by atoms with Crippen LogP contribution in [0.25, 0.3) is 0 Å². The van der Waals surface area contributed by atoms with Crippen molar-refractivity contribution in [1.29, 1.82) is 0 Å². The van der Waals surface area contributed by atoms with Crippen LogP contribution in [0.1, 0.15) is 33.6 Å². The van der Waals surface area contributed by atoms with Gasteiger partial charge < -0.3 is 15.1 Å². The number of hydrogen-bond donors (Lipinski definition) is 1. The van der Waals surface area contributed by atoms with Gasteiger partial charge in [0.2, 0.25) is 0 Å². The van der Waals surface area contributed by atoms with Crippen molar-refractivity contribution in [3.8, 4) is 0 Å². The highest BCUT2D eigenvalue weighted by Gasteiger charge is 2.16. The van der Waals surface area contributed by atoms with Crippen LogP contribution in [0, 0.1) is 5.92 Å². The normalized spacial score (nSPS) is 19.1. The van der Waals surface area contributed by atoms with Crippen LogP contribution in [-0.4, -0.2) is 62.2 Å². The maximum absolute atomic E-state index is 3.39. The molecule has 0 bridgehead atoms. The van der Waals surface area contributed by atoms with Crippen LogP contribution in [0.2, 0.25) is 0 Å². The predicted octanol–water partition coefficient (Wildman–Crippen LogP) is 1.65. The summed E-state index contributed by atoms with van der Waals surface area (Å²) in [5, 5.41) is 3.39. The van der Waals surface area contributed by atoms with Crippen molar-refractivity contribution in [2.75, 3.05) is 52.4 Å². The monoisotopic (exact) mass is 241 g/mol. The van der Waals surface area contributed by atoms with Gasteiger partial charge >= 0.3 is 0 Å². The lowest BCUT2D eigenvalue weighted by molar-refractivity contribution is 0.121. The average molecular weight is 241 g/mol. The molecule has 3 heteroatoms. The molecule has 3 nitrogen and oxygen atoms in total. The minimum atomic E-state index is 0.807. The standard InChI is InChI=1S/C14H31N3/c1-4-15-7-5-6-8-16-9-11-17(12-10-16)13-14(2)3/h14-15H,4-13H2,1-3H3. The topological polar surface area (TPSA) is 18.5 Å². The van der Waals surface area contributed by atoms with Gasteiger partial charge in [-0.1, -0.05) is 20.8 Å². The third-order valence-electron chi connectivity index (χ3n) is 3.42. The van der Waals surface area contributed by atoms with Crippen LogP contribution >= 0.6 is 0 Å². The summed E-state index contributed by atoms with van der Waals surface area (Å²) in [4.78, 5) is 5.24. The maximum Gasteiger partial charge on any atom is 0.0110 e. The van der Waals surface area contributed by atoms with Crippen molar-refractivity contribution in [3.05, 3.63) is 0 Å². The number of nitrogens with one attached hydrogen (secondary N) is 1. The summed E-state index contributed by atoms with van der Waals surface area (Å²) in [7, 11) is 0. The highest BCUT2D eigenvalue weighted by atomic mass is 15.3. The van der Waals surface area contributed by atoms with Crippen LogP contribution in [0.4, 0.5) is 0 Å². The molecule has 17 heavy (non-hydrogen) atoms. The summed E-state index contributed by atoms with van der Waals surface area (Å²) in [5.41, 5.74) is 0. The first-order valence-electron chi connectivity index (χ1n) is 7.37. The Morgan fingerprint density at radius 2 is 1.65 bits per heavy atom. The van der Waals surface area contributed by atoms with E-state index in [1.165, 1.54) is 58.7 Å². The summed E-state index contributed by atoms with van der Waals surface area (Å²) < 4.78 is 0. The first kappa shape index (κ1) is 14.9. The zero-order chi connectivity index (χ0) is 12.5. The Morgan fingerprint density at radius 3 is 2.24 bits per heavy atom. The summed E-state index contributed by atoms with van der Waals surface area (Å²) >= 11 is 0. The smallest absolute Gasteiger partial charge is 0.0110 e. The summed E-state index contributed by atoms with van der Waals surface area (Å²) in [6.45, 7) is 16.7. The Labute approximate surface area is 108 Å². The number of piperazine rings is 1. The van der Waals surface area contributed by atoms with E-state index >= 15 is 0 Å². The van der Waals surface area contributed by atoms with Crippen LogP contribution in [0.5, 0.6) is 0 Å². The van der Waals surface area contributed by atoms with Crippen molar-refractivity contribution < 1.29 is 0 Å². The van der Waals surface area contributed by atoms with Gasteiger partial charge in [-0.05, 0) is 38.4 Å². The molecule has 1 saturated heterocycles. The van der Waals surface area contributed by atoms with E-state index in [1.54, 1.807) is 0 Å². The lowest BCUT2D eigenvalue weighted by Crippen LogP contribution is -2.47. The molecular formula is C14H31N3. The molecule has 0 aromatic carbocycles. The zero-order valence-electron chi connectivity index (χ0n) is 12.0. The zero-order valence-corrected chi connectivity index (χ0v) is 12.0. The molecule has 1 heterocycles. The van der Waals surface area contributed by atoms with Gasteiger partial charge in [-0.15, -0.1) is 0 Å². The van der Waals surface area contributed by atoms with Crippen molar-refractivity contribution in [2.45, 2.75) is 33.6 Å². The van der Waals surface area contributed by atoms with Crippen molar-refractivity contribution in [2.24, 2.45) is 5.92 Å². The first-order valence-corrected chi connectivity index (χ1v) is 7.37. The van der Waals surface area contributed by atoms with E-state index < -0.39 is 0 Å². The minimum Gasteiger partial charge on any atom is -0.317 e. The van der Waals surface area contributed by atoms with Crippen LogP contribution in [-0.2, 0) is 0 Å². The van der Waals surface area contributed by atoms with Gasteiger partial charge in [-0.3, -0.25) is 0 Å². The Hall–Kier alpha value is -0.120. The number of nitrogens with zero attached hydrogens (tertiary/aromatic N) is 2. The molecule has 1 N–H and O–H groups in total. The van der Waals surface area contributed by atoms with Gasteiger partial charge in [0.15, 0.2) is 0 Å². The van der Waals surface area contributed by atoms with Gasteiger partial charge in [-0.2, -0.15) is 0 Å². The average Bonchev–Trinajstić information content (AvgIpc) is 2.30. The molecule has 0 aliphatic carbocycles. The molecule has 0 amide bonds. The fourth-order valence-corrected chi connectivity index (χ4v) is 2.47. The second kappa shape index (κ2) is 8.90. The highest BCUT2D eigenvalue weighted by molar-refractivity contribution is 4.72. The molecule has 1 aliphatic rings. The Kier molecular flexibility index (Phi) is 7.82. The Balaban J connectivity index is 1.99. The fraction of sp³-hybridized carbons (Fsp3) is 1.00. The third-order valence-corrected chi connectivity index (χ3v) is 3.42. The van der Waals surface area contributed by atoms with Gasteiger partial charge in [0.05, 0.1) is 0 Å². The van der Waals surface area contributed by atoms with Gasteiger partial charge in [0.25, 0.3) is 0 Å². The molecule has 0 aromatic rings. The Morgan fingerprint density at radius 1 is 1.00 bits per heavy atom. The summed E-state index contributed by atoms with van der Waals surface area (Å²) in [6.07, 6.45) is 2.66. The van der Waals surface area contributed by atoms with Crippen LogP contribution in [0.15, 0.2) is 0 Å². The predicted molar refractivity (Wildman–Crippen MR) is 75.5 cm³/mol. The number of unbranched alkanes of at least 4 members (excludes halogenated alkanes) is 1. The van der Waals surface area contributed by atoms with E-state index in [0.29, 0.717) is 0 Å². The molecule has 0 radical (unpaired) electrons. The molecular weight excluding hydrogens is 210 g/mol. The SMILES string of the molecule is CCNCCCCN1CCN(CC(C)C)CC1. The van der Waals surface area contributed by atoms with E-state index in [1.807, 2.05) is 0 Å². The molecule has 1 aliphatic heterocycles. The summed E-state index contributed by atoms with van der Waals surface area (Å²) in [6, 6.07) is 0. The molecule has 102 valence electrons. The summed E-state index contributed by atoms with van der Waals surface area (Å²) in [5.74, 6) is 0.807. The van der Waals surface area contributed by atoms with Crippen molar-refractivity contribution in [3.63, 3.8) is 0 Å². The van der Waals surface area contributed by atoms with E-state index in [4.69, 9.17) is 0 Å². The maximum atomic E-state index is 3.39. The third kappa shape index (κ3) is 7.02. The minimum absolute atomic E-state index is 0.807. The van der Waals surface area contributed by atoms with E-state index in [2.05, 4.69) is 35.9 Å². The molecule has 0 unspecified atom stereocenters. The molecule has 1 fully saturated rings. The quantitative estimate of drug-likeness (QED) is 0.652. The van der Waals surface area contributed by atoms with E-state index in [-0.39, 0.29) is 0 Å². The van der Waals surface area contributed by atoms with E-state index in [0.717, 1.165) is 12.5 Å². The highest BCUT2D eigenvalue weighted by Crippen LogP contribution is 2.06. The molecule has 0 saturated carbocycles. The molecule has 0 atom stereocenters. The molecule has 1 rings (SSSR count). The molecule has 0 aromatic heterocycles. The van der Waals surface area contributed by atoms with Crippen molar-refractivity contribution in [1.82, 2.24) is 15.1 Å².